The Morgan fingerprint density at radius 2 is 1.50 bits per heavy atom. The number of hydrazone groups is 1. The molecule has 0 aliphatic carbocycles. The number of ketones is 1. The Balaban J connectivity index is 1.51. The van der Waals surface area contributed by atoms with E-state index >= 15 is 0 Å². The summed E-state index contributed by atoms with van der Waals surface area (Å²) in [5, 5.41) is 5.97. The van der Waals surface area contributed by atoms with Crippen LogP contribution in [0.3, 0.4) is 0 Å². The lowest BCUT2D eigenvalue weighted by Gasteiger charge is -2.33. The van der Waals surface area contributed by atoms with Gasteiger partial charge in [0.05, 0.1) is 29.8 Å². The Kier molecular flexibility index (Phi) is 4.45. The Morgan fingerprint density at radius 1 is 0.824 bits per heavy atom. The molecule has 6 rings (SSSR count). The molecule has 3 aliphatic heterocycles. The molecule has 3 aliphatic rings. The van der Waals surface area contributed by atoms with Gasteiger partial charge in [0.1, 0.15) is 17.7 Å². The van der Waals surface area contributed by atoms with Crippen LogP contribution in [0, 0.1) is 23.5 Å². The highest BCUT2D eigenvalue weighted by atomic mass is 19.1. The molecule has 0 spiro atoms. The zero-order valence-electron chi connectivity index (χ0n) is 17.6. The summed E-state index contributed by atoms with van der Waals surface area (Å²) in [6.07, 6.45) is 1.60. The number of hydrogen-bond acceptors (Lipinski definition) is 5. The molecule has 3 aromatic rings. The van der Waals surface area contributed by atoms with Crippen LogP contribution in [0.4, 0.5) is 14.5 Å². The summed E-state index contributed by atoms with van der Waals surface area (Å²) in [7, 11) is 0. The van der Waals surface area contributed by atoms with Crippen molar-refractivity contribution < 1.29 is 23.2 Å². The molecule has 0 saturated carbocycles. The van der Waals surface area contributed by atoms with E-state index in [4.69, 9.17) is 0 Å². The molecule has 4 atom stereocenters. The second-order valence-electron chi connectivity index (χ2n) is 8.53. The summed E-state index contributed by atoms with van der Waals surface area (Å²) in [6, 6.07) is 16.1. The molecule has 0 N–H and O–H groups in total. The Bertz CT molecular complexity index is 1390. The number of amides is 2. The van der Waals surface area contributed by atoms with Crippen LogP contribution >= 0.6 is 0 Å². The number of carbonyl (C=O) groups excluding carboxylic acids is 3. The zero-order valence-corrected chi connectivity index (χ0v) is 17.6. The van der Waals surface area contributed by atoms with E-state index in [-0.39, 0.29) is 11.3 Å². The van der Waals surface area contributed by atoms with Crippen molar-refractivity contribution in [2.24, 2.45) is 16.9 Å². The fourth-order valence-corrected chi connectivity index (χ4v) is 5.32. The van der Waals surface area contributed by atoms with Crippen molar-refractivity contribution in [2.45, 2.75) is 12.1 Å². The van der Waals surface area contributed by atoms with Crippen LogP contribution in [0.5, 0.6) is 0 Å². The van der Waals surface area contributed by atoms with Crippen molar-refractivity contribution in [3.8, 4) is 0 Å². The molecule has 2 fully saturated rings. The molecule has 6 nitrogen and oxygen atoms in total. The Morgan fingerprint density at radius 3 is 2.26 bits per heavy atom. The van der Waals surface area contributed by atoms with E-state index < -0.39 is 53.2 Å². The largest absolute Gasteiger partial charge is 0.292 e. The normalized spacial score (nSPS) is 24.8. The van der Waals surface area contributed by atoms with Gasteiger partial charge in [-0.2, -0.15) is 5.10 Å². The predicted octanol–water partition coefficient (Wildman–Crippen LogP) is 3.73. The number of benzene rings is 3. The quantitative estimate of drug-likeness (QED) is 0.444. The van der Waals surface area contributed by atoms with E-state index in [1.165, 1.54) is 47.5 Å². The van der Waals surface area contributed by atoms with E-state index in [0.717, 1.165) is 16.0 Å². The molecule has 0 radical (unpaired) electrons. The highest BCUT2D eigenvalue weighted by molar-refractivity contribution is 6.24. The molecular weight excluding hydrogens is 440 g/mol. The summed E-state index contributed by atoms with van der Waals surface area (Å²) in [6.45, 7) is 0. The minimum atomic E-state index is -1.10. The van der Waals surface area contributed by atoms with Crippen molar-refractivity contribution in [3.63, 3.8) is 0 Å². The van der Waals surface area contributed by atoms with Gasteiger partial charge in [0.25, 0.3) is 0 Å². The smallest absolute Gasteiger partial charge is 0.240 e. The van der Waals surface area contributed by atoms with Gasteiger partial charge in [0, 0.05) is 5.56 Å². The topological polar surface area (TPSA) is 70.0 Å². The summed E-state index contributed by atoms with van der Waals surface area (Å²) < 4.78 is 28.1. The van der Waals surface area contributed by atoms with Crippen LogP contribution in [0.1, 0.15) is 27.5 Å². The average molecular weight is 457 g/mol. The van der Waals surface area contributed by atoms with Gasteiger partial charge in [-0.3, -0.25) is 19.4 Å². The van der Waals surface area contributed by atoms with E-state index in [1.807, 2.05) is 24.3 Å². The molecule has 2 saturated heterocycles. The predicted molar refractivity (Wildman–Crippen MR) is 119 cm³/mol. The number of fused-ring (bicyclic) bond motifs is 5. The highest BCUT2D eigenvalue weighted by Crippen LogP contribution is 2.53. The maximum absolute atomic E-state index is 14.6. The van der Waals surface area contributed by atoms with Crippen LogP contribution in [0.2, 0.25) is 0 Å². The number of nitrogens with zero attached hydrogens (tertiary/aromatic N) is 3. The van der Waals surface area contributed by atoms with Gasteiger partial charge in [-0.15, -0.1) is 0 Å². The van der Waals surface area contributed by atoms with Crippen LogP contribution in [-0.2, 0) is 9.59 Å². The molecular formula is C26H17F2N3O3. The van der Waals surface area contributed by atoms with E-state index in [2.05, 4.69) is 5.10 Å². The molecule has 8 heteroatoms. The van der Waals surface area contributed by atoms with Crippen molar-refractivity contribution in [2.75, 3.05) is 4.90 Å². The SMILES string of the molecule is O=C(c1ccc(F)cc1)[C@H]1[C@H]2C(=O)N(c3ccccc3F)C(=O)[C@H]2C2c3ccccc3C=NN21. The lowest BCUT2D eigenvalue weighted by atomic mass is 9.83. The average Bonchev–Trinajstić information content (AvgIpc) is 3.32. The third-order valence-electron chi connectivity index (χ3n) is 6.78. The highest BCUT2D eigenvalue weighted by Gasteiger charge is 2.65. The van der Waals surface area contributed by atoms with Crippen LogP contribution in [-0.4, -0.2) is 34.9 Å². The van der Waals surface area contributed by atoms with E-state index in [0.29, 0.717) is 0 Å². The first kappa shape index (κ1) is 20.4. The maximum atomic E-state index is 14.6. The van der Waals surface area contributed by atoms with Gasteiger partial charge < -0.3 is 0 Å². The first-order valence-electron chi connectivity index (χ1n) is 10.8. The number of para-hydroxylation sites is 1. The van der Waals surface area contributed by atoms with Crippen LogP contribution in [0.25, 0.3) is 0 Å². The number of imide groups is 1. The van der Waals surface area contributed by atoms with Crippen molar-refractivity contribution >= 4 is 29.5 Å². The third-order valence-corrected chi connectivity index (χ3v) is 6.78. The molecule has 0 aromatic heterocycles. The maximum Gasteiger partial charge on any atom is 0.240 e. The summed E-state index contributed by atoms with van der Waals surface area (Å²) in [4.78, 5) is 41.8. The van der Waals surface area contributed by atoms with Gasteiger partial charge in [-0.1, -0.05) is 36.4 Å². The van der Waals surface area contributed by atoms with Crippen molar-refractivity contribution in [1.29, 1.82) is 0 Å². The molecule has 1 unspecified atom stereocenters. The summed E-state index contributed by atoms with van der Waals surface area (Å²) in [5.41, 5.74) is 1.60. The second-order valence-corrected chi connectivity index (χ2v) is 8.53. The first-order chi connectivity index (χ1) is 16.5. The zero-order chi connectivity index (χ0) is 23.6. The van der Waals surface area contributed by atoms with Gasteiger partial charge in [-0.05, 0) is 47.5 Å². The van der Waals surface area contributed by atoms with Gasteiger partial charge in [-0.25, -0.2) is 13.7 Å². The number of anilines is 1. The number of halogens is 2. The number of hydrogen-bond donors (Lipinski definition) is 0. The van der Waals surface area contributed by atoms with Crippen molar-refractivity contribution in [3.05, 3.63) is 101 Å². The fourth-order valence-electron chi connectivity index (χ4n) is 5.32. The van der Waals surface area contributed by atoms with E-state index in [9.17, 15) is 23.2 Å². The molecule has 0 bridgehead atoms. The first-order valence-corrected chi connectivity index (χ1v) is 10.8. The number of Topliss-reactive ketones (excluding diaryl/α,β-unsaturated/α-hetero) is 1. The summed E-state index contributed by atoms with van der Waals surface area (Å²) in [5.74, 6) is -4.88. The molecule has 168 valence electrons. The van der Waals surface area contributed by atoms with Gasteiger partial charge in [0.2, 0.25) is 11.8 Å². The van der Waals surface area contributed by atoms with Gasteiger partial charge >= 0.3 is 0 Å². The molecule has 2 amide bonds. The Hall–Kier alpha value is -4.20. The number of rotatable bonds is 3. The van der Waals surface area contributed by atoms with Gasteiger partial charge in [0.15, 0.2) is 5.78 Å². The lowest BCUT2D eigenvalue weighted by molar-refractivity contribution is -0.124. The molecule has 34 heavy (non-hydrogen) atoms. The molecule has 3 heterocycles. The van der Waals surface area contributed by atoms with E-state index in [1.54, 1.807) is 12.3 Å². The number of carbonyl (C=O) groups is 3. The molecule has 3 aromatic carbocycles. The minimum Gasteiger partial charge on any atom is -0.292 e. The monoisotopic (exact) mass is 457 g/mol. The summed E-state index contributed by atoms with van der Waals surface area (Å²) >= 11 is 0. The second kappa shape index (κ2) is 7.41. The standard InChI is InChI=1S/C26H17F2N3O3/c27-16-11-9-14(10-12-16)24(32)23-21-20(22-17-6-2-1-5-15(17)13-29-31(22)23)25(33)30(26(21)34)19-8-4-3-7-18(19)28/h1-13,20-23H/t20-,21+,22?,23-/m1/s1. The third kappa shape index (κ3) is 2.78. The van der Waals surface area contributed by atoms with Crippen molar-refractivity contribution in [1.82, 2.24) is 5.01 Å². The Labute approximate surface area is 193 Å². The lowest BCUT2D eigenvalue weighted by Crippen LogP contribution is -2.44. The van der Waals surface area contributed by atoms with Crippen LogP contribution < -0.4 is 4.90 Å². The minimum absolute atomic E-state index is 0.140. The fraction of sp³-hybridized carbons (Fsp3) is 0.154. The van der Waals surface area contributed by atoms with Crippen LogP contribution in [0.15, 0.2) is 77.9 Å².